The highest BCUT2D eigenvalue weighted by atomic mass is 16.5. The number of carbonyl (C=O) groups excluding carboxylic acids is 1. The van der Waals surface area contributed by atoms with Crippen molar-refractivity contribution >= 4 is 17.6 Å². The molecule has 1 amide bonds. The van der Waals surface area contributed by atoms with Crippen LogP contribution < -0.4 is 15.5 Å². The average molecular weight is 344 g/mol. The molecule has 0 unspecified atom stereocenters. The van der Waals surface area contributed by atoms with E-state index in [9.17, 15) is 14.4 Å². The highest BCUT2D eigenvalue weighted by molar-refractivity contribution is 6.02. The fourth-order valence-electron chi connectivity index (χ4n) is 2.16. The van der Waals surface area contributed by atoms with Gasteiger partial charge in [-0.1, -0.05) is 25.5 Å². The third-order valence-corrected chi connectivity index (χ3v) is 3.42. The molecule has 0 aliphatic carbocycles. The Kier molecular flexibility index (Phi) is 6.33. The molecule has 2 aromatic rings. The van der Waals surface area contributed by atoms with E-state index in [0.29, 0.717) is 17.9 Å². The van der Waals surface area contributed by atoms with Gasteiger partial charge in [0.25, 0.3) is 5.91 Å². The van der Waals surface area contributed by atoms with E-state index in [1.807, 2.05) is 6.92 Å². The number of benzene rings is 1. The number of hydrogen-bond donors (Lipinski definition) is 3. The van der Waals surface area contributed by atoms with Crippen molar-refractivity contribution in [3.8, 4) is 5.75 Å². The number of carbonyl (C=O) groups is 2. The van der Waals surface area contributed by atoms with Crippen LogP contribution in [-0.2, 0) is 11.2 Å². The predicted octanol–water partition coefficient (Wildman–Crippen LogP) is 2.43. The molecule has 7 nitrogen and oxygen atoms in total. The molecular formula is C18H20N2O5. The zero-order chi connectivity index (χ0) is 18.2. The van der Waals surface area contributed by atoms with Gasteiger partial charge in [0.2, 0.25) is 5.43 Å². The summed E-state index contributed by atoms with van der Waals surface area (Å²) < 4.78 is 5.35. The molecule has 132 valence electrons. The number of aliphatic carboxylic acids is 1. The summed E-state index contributed by atoms with van der Waals surface area (Å²) in [6.45, 7) is 2.47. The minimum atomic E-state index is -0.952. The molecule has 1 aromatic heterocycles. The Morgan fingerprint density at radius 2 is 2.08 bits per heavy atom. The maximum atomic E-state index is 12.2. The molecule has 2 rings (SSSR count). The van der Waals surface area contributed by atoms with Crippen LogP contribution in [0.5, 0.6) is 5.75 Å². The number of amides is 1. The van der Waals surface area contributed by atoms with Gasteiger partial charge in [-0.2, -0.15) is 0 Å². The normalized spacial score (nSPS) is 10.3. The minimum absolute atomic E-state index is 0.0940. The summed E-state index contributed by atoms with van der Waals surface area (Å²) >= 11 is 0. The lowest BCUT2D eigenvalue weighted by molar-refractivity contribution is -0.136. The molecular weight excluding hydrogens is 324 g/mol. The van der Waals surface area contributed by atoms with E-state index >= 15 is 0 Å². The highest BCUT2D eigenvalue weighted by Crippen LogP contribution is 2.13. The fourth-order valence-corrected chi connectivity index (χ4v) is 2.16. The van der Waals surface area contributed by atoms with E-state index < -0.39 is 11.9 Å². The van der Waals surface area contributed by atoms with E-state index in [2.05, 4.69) is 10.3 Å². The van der Waals surface area contributed by atoms with Crippen LogP contribution in [0.4, 0.5) is 5.69 Å². The Morgan fingerprint density at radius 3 is 2.76 bits per heavy atom. The second-order valence-electron chi connectivity index (χ2n) is 5.50. The van der Waals surface area contributed by atoms with Crippen molar-refractivity contribution in [1.29, 1.82) is 0 Å². The second kappa shape index (κ2) is 8.68. The number of pyridine rings is 1. The Balaban J connectivity index is 2.07. The van der Waals surface area contributed by atoms with E-state index in [4.69, 9.17) is 9.84 Å². The molecule has 1 aromatic carbocycles. The van der Waals surface area contributed by atoms with Crippen LogP contribution >= 0.6 is 0 Å². The maximum Gasteiger partial charge on any atom is 0.307 e. The van der Waals surface area contributed by atoms with E-state index in [-0.39, 0.29) is 23.3 Å². The Hall–Kier alpha value is -3.09. The summed E-state index contributed by atoms with van der Waals surface area (Å²) in [7, 11) is 0. The lowest BCUT2D eigenvalue weighted by Crippen LogP contribution is -2.18. The Morgan fingerprint density at radius 1 is 1.28 bits per heavy atom. The summed E-state index contributed by atoms with van der Waals surface area (Å²) in [5.41, 5.74) is 0.738. The maximum absolute atomic E-state index is 12.2. The number of carboxylic acid groups (broad SMARTS) is 1. The number of carboxylic acids is 1. The van der Waals surface area contributed by atoms with Crippen LogP contribution in [0, 0.1) is 0 Å². The fraction of sp³-hybridized carbons (Fsp3) is 0.278. The van der Waals surface area contributed by atoms with E-state index in [1.54, 1.807) is 24.3 Å². The molecule has 0 saturated heterocycles. The van der Waals surface area contributed by atoms with Gasteiger partial charge in [-0.15, -0.1) is 0 Å². The number of unbranched alkanes of at least 4 members (excludes halogenated alkanes) is 1. The summed E-state index contributed by atoms with van der Waals surface area (Å²) in [5, 5.41) is 11.4. The summed E-state index contributed by atoms with van der Waals surface area (Å²) in [6, 6.07) is 7.71. The van der Waals surface area contributed by atoms with Gasteiger partial charge < -0.3 is 20.1 Å². The predicted molar refractivity (Wildman–Crippen MR) is 93.2 cm³/mol. The number of H-pyrrole nitrogens is 1. The number of rotatable bonds is 8. The first-order valence-corrected chi connectivity index (χ1v) is 7.97. The Bertz CT molecular complexity index is 813. The number of aromatic amines is 1. The van der Waals surface area contributed by atoms with Crippen molar-refractivity contribution in [1.82, 2.24) is 4.98 Å². The topological polar surface area (TPSA) is 108 Å². The zero-order valence-electron chi connectivity index (χ0n) is 13.9. The molecule has 1 heterocycles. The molecule has 0 spiro atoms. The number of ether oxygens (including phenoxy) is 1. The van der Waals surface area contributed by atoms with Crippen LogP contribution in [0.15, 0.2) is 41.3 Å². The van der Waals surface area contributed by atoms with Gasteiger partial charge in [-0.25, -0.2) is 0 Å². The molecule has 0 bridgehead atoms. The van der Waals surface area contributed by atoms with E-state index in [1.165, 1.54) is 12.3 Å². The molecule has 0 radical (unpaired) electrons. The molecule has 7 heteroatoms. The van der Waals surface area contributed by atoms with Gasteiger partial charge in [0.05, 0.1) is 13.0 Å². The van der Waals surface area contributed by atoms with Crippen LogP contribution in [-0.4, -0.2) is 28.6 Å². The Labute approximate surface area is 144 Å². The van der Waals surface area contributed by atoms with Crippen molar-refractivity contribution < 1.29 is 19.4 Å². The monoisotopic (exact) mass is 344 g/mol. The number of aromatic nitrogens is 1. The van der Waals surface area contributed by atoms with Gasteiger partial charge in [0.15, 0.2) is 5.75 Å². The van der Waals surface area contributed by atoms with Crippen LogP contribution in [0.25, 0.3) is 0 Å². The molecule has 25 heavy (non-hydrogen) atoms. The van der Waals surface area contributed by atoms with Crippen LogP contribution in [0.2, 0.25) is 0 Å². The molecule has 0 aliphatic rings. The molecule has 0 fully saturated rings. The van der Waals surface area contributed by atoms with Gasteiger partial charge in [-0.3, -0.25) is 14.4 Å². The van der Waals surface area contributed by atoms with Crippen molar-refractivity contribution in [2.75, 3.05) is 11.9 Å². The van der Waals surface area contributed by atoms with Crippen molar-refractivity contribution in [2.24, 2.45) is 0 Å². The molecule has 0 aliphatic heterocycles. The minimum Gasteiger partial charge on any atom is -0.488 e. The van der Waals surface area contributed by atoms with Gasteiger partial charge in [0, 0.05) is 18.0 Å². The smallest absolute Gasteiger partial charge is 0.307 e. The van der Waals surface area contributed by atoms with Crippen LogP contribution in [0.3, 0.4) is 0 Å². The largest absolute Gasteiger partial charge is 0.488 e. The molecule has 0 saturated carbocycles. The van der Waals surface area contributed by atoms with Crippen molar-refractivity contribution in [3.05, 3.63) is 58.0 Å². The number of anilines is 1. The van der Waals surface area contributed by atoms with Gasteiger partial charge in [-0.05, 0) is 24.1 Å². The first kappa shape index (κ1) is 18.3. The SMILES string of the molecule is CCCCOc1c[nH]c(C(=O)Nc2cccc(CC(=O)O)c2)cc1=O. The van der Waals surface area contributed by atoms with Crippen LogP contribution in [0.1, 0.15) is 35.8 Å². The number of nitrogens with one attached hydrogen (secondary N) is 2. The highest BCUT2D eigenvalue weighted by Gasteiger charge is 2.11. The third kappa shape index (κ3) is 5.49. The molecule has 0 atom stereocenters. The van der Waals surface area contributed by atoms with Gasteiger partial charge >= 0.3 is 5.97 Å². The quantitative estimate of drug-likeness (QED) is 0.637. The first-order chi connectivity index (χ1) is 12.0. The third-order valence-electron chi connectivity index (χ3n) is 3.42. The van der Waals surface area contributed by atoms with E-state index in [0.717, 1.165) is 12.8 Å². The zero-order valence-corrected chi connectivity index (χ0v) is 13.9. The first-order valence-electron chi connectivity index (χ1n) is 7.97. The van der Waals surface area contributed by atoms with Crippen molar-refractivity contribution in [3.63, 3.8) is 0 Å². The lowest BCUT2D eigenvalue weighted by Gasteiger charge is -2.08. The summed E-state index contributed by atoms with van der Waals surface area (Å²) in [6.07, 6.45) is 3.03. The summed E-state index contributed by atoms with van der Waals surface area (Å²) in [4.78, 5) is 37.7. The average Bonchev–Trinajstić information content (AvgIpc) is 2.56. The molecule has 3 N–H and O–H groups in total. The summed E-state index contributed by atoms with van der Waals surface area (Å²) in [5.74, 6) is -1.27. The lowest BCUT2D eigenvalue weighted by atomic mass is 10.1. The van der Waals surface area contributed by atoms with Crippen molar-refractivity contribution in [2.45, 2.75) is 26.2 Å². The second-order valence-corrected chi connectivity index (χ2v) is 5.50. The van der Waals surface area contributed by atoms with Gasteiger partial charge in [0.1, 0.15) is 5.69 Å². The standard InChI is InChI=1S/C18H20N2O5/c1-2-3-7-25-16-11-19-14(10-15(16)21)18(24)20-13-6-4-5-12(8-13)9-17(22)23/h4-6,8,10-11H,2-3,7,9H2,1H3,(H,19,21)(H,20,24)(H,22,23). The number of hydrogen-bond acceptors (Lipinski definition) is 4.